The summed E-state index contributed by atoms with van der Waals surface area (Å²) in [7, 11) is 1.92. The molecule has 0 radical (unpaired) electrons. The van der Waals surface area contributed by atoms with Gasteiger partial charge in [0.15, 0.2) is 5.13 Å². The van der Waals surface area contributed by atoms with Crippen LogP contribution in [0, 0.1) is 0 Å². The molecule has 1 fully saturated rings. The number of aromatic nitrogens is 1. The number of amides is 1. The molecular formula is C10H16N4OS. The predicted molar refractivity (Wildman–Crippen MR) is 64.0 cm³/mol. The molecule has 5 nitrogen and oxygen atoms in total. The molecule has 0 bridgehead atoms. The standard InChI is InChI=1S/C10H16N4OS/c1-14(5-8-4-12-10(11)16-8)6-9(15)13-7-2-3-7/h4,7H,2-3,5-6H2,1H3,(H2,11,12)(H,13,15). The van der Waals surface area contributed by atoms with Crippen LogP contribution in [0.5, 0.6) is 0 Å². The van der Waals surface area contributed by atoms with E-state index in [2.05, 4.69) is 10.3 Å². The molecule has 1 saturated carbocycles. The molecule has 1 heterocycles. The Morgan fingerprint density at radius 2 is 2.50 bits per heavy atom. The van der Waals surface area contributed by atoms with Crippen molar-refractivity contribution in [2.75, 3.05) is 19.3 Å². The lowest BCUT2D eigenvalue weighted by atomic mass is 10.4. The van der Waals surface area contributed by atoms with Crippen molar-refractivity contribution in [1.29, 1.82) is 0 Å². The van der Waals surface area contributed by atoms with Crippen LogP contribution in [0.25, 0.3) is 0 Å². The van der Waals surface area contributed by atoms with Gasteiger partial charge in [0.25, 0.3) is 0 Å². The molecule has 16 heavy (non-hydrogen) atoms. The molecule has 1 amide bonds. The Morgan fingerprint density at radius 1 is 1.75 bits per heavy atom. The van der Waals surface area contributed by atoms with E-state index in [0.717, 1.165) is 17.7 Å². The van der Waals surface area contributed by atoms with E-state index in [9.17, 15) is 4.79 Å². The van der Waals surface area contributed by atoms with Gasteiger partial charge in [0.05, 0.1) is 6.54 Å². The van der Waals surface area contributed by atoms with Crippen molar-refractivity contribution in [1.82, 2.24) is 15.2 Å². The number of hydrogen-bond donors (Lipinski definition) is 2. The van der Waals surface area contributed by atoms with Crippen molar-refractivity contribution < 1.29 is 4.79 Å². The number of nitrogen functional groups attached to an aromatic ring is 1. The third-order valence-electron chi connectivity index (χ3n) is 2.35. The lowest BCUT2D eigenvalue weighted by Crippen LogP contribution is -2.35. The summed E-state index contributed by atoms with van der Waals surface area (Å²) >= 11 is 1.46. The number of nitrogens with one attached hydrogen (secondary N) is 1. The van der Waals surface area contributed by atoms with Crippen LogP contribution in [0.2, 0.25) is 0 Å². The number of carbonyl (C=O) groups is 1. The van der Waals surface area contributed by atoms with Gasteiger partial charge >= 0.3 is 0 Å². The zero-order valence-corrected chi connectivity index (χ0v) is 10.1. The maximum atomic E-state index is 11.5. The minimum Gasteiger partial charge on any atom is -0.375 e. The van der Waals surface area contributed by atoms with Crippen LogP contribution >= 0.6 is 11.3 Å². The van der Waals surface area contributed by atoms with Crippen molar-refractivity contribution in [3.05, 3.63) is 11.1 Å². The van der Waals surface area contributed by atoms with Gasteiger partial charge in [-0.15, -0.1) is 11.3 Å². The average molecular weight is 240 g/mol. The summed E-state index contributed by atoms with van der Waals surface area (Å²) in [6.07, 6.45) is 4.01. The van der Waals surface area contributed by atoms with E-state index in [1.165, 1.54) is 11.3 Å². The van der Waals surface area contributed by atoms with Gasteiger partial charge in [-0.05, 0) is 19.9 Å². The monoisotopic (exact) mass is 240 g/mol. The topological polar surface area (TPSA) is 71.2 Å². The van der Waals surface area contributed by atoms with E-state index in [1.54, 1.807) is 6.20 Å². The van der Waals surface area contributed by atoms with Crippen LogP contribution < -0.4 is 11.1 Å². The molecule has 0 saturated heterocycles. The van der Waals surface area contributed by atoms with Crippen molar-refractivity contribution in [2.45, 2.75) is 25.4 Å². The maximum absolute atomic E-state index is 11.5. The van der Waals surface area contributed by atoms with Gasteiger partial charge in [-0.1, -0.05) is 0 Å². The number of rotatable bonds is 5. The third-order valence-corrected chi connectivity index (χ3v) is 3.16. The molecule has 1 aliphatic carbocycles. The molecule has 3 N–H and O–H groups in total. The van der Waals surface area contributed by atoms with E-state index < -0.39 is 0 Å². The zero-order chi connectivity index (χ0) is 11.5. The first-order valence-corrected chi connectivity index (χ1v) is 6.13. The number of carbonyl (C=O) groups excluding carboxylic acids is 1. The average Bonchev–Trinajstić information content (AvgIpc) is 2.89. The number of likely N-dealkylation sites (N-methyl/N-ethyl adjacent to an activating group) is 1. The second-order valence-corrected chi connectivity index (χ2v) is 5.33. The molecule has 6 heteroatoms. The fourth-order valence-corrected chi connectivity index (χ4v) is 2.23. The number of hydrogen-bond acceptors (Lipinski definition) is 5. The lowest BCUT2D eigenvalue weighted by molar-refractivity contribution is -0.122. The van der Waals surface area contributed by atoms with E-state index in [1.807, 2.05) is 11.9 Å². The summed E-state index contributed by atoms with van der Waals surface area (Å²) in [6.45, 7) is 1.14. The third kappa shape index (κ3) is 3.46. The summed E-state index contributed by atoms with van der Waals surface area (Å²) in [5, 5.41) is 3.53. The molecule has 0 atom stereocenters. The number of nitrogens with two attached hydrogens (primary N) is 1. The fourth-order valence-electron chi connectivity index (χ4n) is 1.46. The molecule has 1 aliphatic rings. The first-order valence-electron chi connectivity index (χ1n) is 5.31. The van der Waals surface area contributed by atoms with Crippen molar-refractivity contribution >= 4 is 22.4 Å². The maximum Gasteiger partial charge on any atom is 0.234 e. The van der Waals surface area contributed by atoms with Gasteiger partial charge in [-0.3, -0.25) is 9.69 Å². The zero-order valence-electron chi connectivity index (χ0n) is 9.27. The van der Waals surface area contributed by atoms with Gasteiger partial charge in [0.1, 0.15) is 0 Å². The van der Waals surface area contributed by atoms with E-state index >= 15 is 0 Å². The van der Waals surface area contributed by atoms with Crippen LogP contribution in [-0.2, 0) is 11.3 Å². The van der Waals surface area contributed by atoms with Gasteiger partial charge in [0.2, 0.25) is 5.91 Å². The van der Waals surface area contributed by atoms with Gasteiger partial charge in [-0.2, -0.15) is 0 Å². The van der Waals surface area contributed by atoms with Gasteiger partial charge < -0.3 is 11.1 Å². The molecule has 1 aromatic rings. The van der Waals surface area contributed by atoms with E-state index in [0.29, 0.717) is 24.3 Å². The van der Waals surface area contributed by atoms with E-state index in [-0.39, 0.29) is 5.91 Å². The smallest absolute Gasteiger partial charge is 0.234 e. The van der Waals surface area contributed by atoms with Crippen molar-refractivity contribution in [3.63, 3.8) is 0 Å². The minimum atomic E-state index is 0.0995. The second kappa shape index (κ2) is 4.80. The van der Waals surface area contributed by atoms with Crippen LogP contribution in [0.3, 0.4) is 0 Å². The number of thiazole rings is 1. The van der Waals surface area contributed by atoms with Crippen LogP contribution in [0.4, 0.5) is 5.13 Å². The Bertz CT molecular complexity index is 375. The highest BCUT2D eigenvalue weighted by Gasteiger charge is 2.23. The van der Waals surface area contributed by atoms with E-state index in [4.69, 9.17) is 5.73 Å². The predicted octanol–water partition coefficient (Wildman–Crippen LogP) is 0.436. The molecule has 0 unspecified atom stereocenters. The SMILES string of the molecule is CN(CC(=O)NC1CC1)Cc1cnc(N)s1. The molecular weight excluding hydrogens is 224 g/mol. The minimum absolute atomic E-state index is 0.0995. The molecule has 88 valence electrons. The Morgan fingerprint density at radius 3 is 3.06 bits per heavy atom. The number of anilines is 1. The highest BCUT2D eigenvalue weighted by molar-refractivity contribution is 7.15. The summed E-state index contributed by atoms with van der Waals surface area (Å²) in [6, 6.07) is 0.431. The normalized spacial score (nSPS) is 15.4. The Balaban J connectivity index is 1.74. The van der Waals surface area contributed by atoms with Gasteiger partial charge in [0, 0.05) is 23.7 Å². The van der Waals surface area contributed by atoms with Crippen molar-refractivity contribution in [2.24, 2.45) is 0 Å². The summed E-state index contributed by atoms with van der Waals surface area (Å²) in [5.41, 5.74) is 5.54. The Hall–Kier alpha value is -1.14. The molecule has 1 aromatic heterocycles. The summed E-state index contributed by atoms with van der Waals surface area (Å²) in [4.78, 5) is 18.5. The lowest BCUT2D eigenvalue weighted by Gasteiger charge is -2.14. The highest BCUT2D eigenvalue weighted by atomic mass is 32.1. The fraction of sp³-hybridized carbons (Fsp3) is 0.600. The first-order chi connectivity index (χ1) is 7.63. The highest BCUT2D eigenvalue weighted by Crippen LogP contribution is 2.18. The Labute approximate surface area is 98.7 Å². The molecule has 0 spiro atoms. The largest absolute Gasteiger partial charge is 0.375 e. The molecule has 0 aromatic carbocycles. The molecule has 0 aliphatic heterocycles. The summed E-state index contributed by atoms with van der Waals surface area (Å²) < 4.78 is 0. The van der Waals surface area contributed by atoms with Crippen molar-refractivity contribution in [3.8, 4) is 0 Å². The quantitative estimate of drug-likeness (QED) is 0.783. The summed E-state index contributed by atoms with van der Waals surface area (Å²) in [5.74, 6) is 0.0995. The number of nitrogens with zero attached hydrogens (tertiary/aromatic N) is 2. The van der Waals surface area contributed by atoms with Gasteiger partial charge in [-0.25, -0.2) is 4.98 Å². The second-order valence-electron chi connectivity index (χ2n) is 4.18. The first kappa shape index (κ1) is 11.3. The van der Waals surface area contributed by atoms with Crippen LogP contribution in [0.1, 0.15) is 17.7 Å². The Kier molecular flexibility index (Phi) is 3.40. The van der Waals surface area contributed by atoms with Crippen LogP contribution in [-0.4, -0.2) is 35.4 Å². The van der Waals surface area contributed by atoms with Crippen LogP contribution in [0.15, 0.2) is 6.20 Å². The molecule has 2 rings (SSSR count).